The molecule has 0 atom stereocenters. The molecule has 16 bridgehead atoms. The molecule has 18 heterocycles. The van der Waals surface area contributed by atoms with Crippen LogP contribution in [0.1, 0.15) is 113 Å². The first-order valence-corrected chi connectivity index (χ1v) is 24.3. The topological polar surface area (TPSA) is 15.5 Å². The van der Waals surface area contributed by atoms with Gasteiger partial charge >= 0.3 is 0 Å². The van der Waals surface area contributed by atoms with E-state index in [-0.39, 0.29) is 23.7 Å². The zero-order valence-electron chi connectivity index (χ0n) is 37.7. The van der Waals surface area contributed by atoms with Gasteiger partial charge in [0.15, 0.2) is 75.8 Å². The molecule has 0 amide bonds. The molecule has 0 fully saturated rings. The van der Waals surface area contributed by atoms with E-state index in [1.165, 1.54) is 111 Å². The standard InChI is InChI=1S/C64H48N4/c1-2-10-50-49(9-1)61-51-11-3-4-12-52(51)62(50)58-46-18-17-45(57(58)61)37-65-29-21-41(22-30-65)43-25-33-67(34-26-43)39-47-19-20-48(40-68-35-27-44(28-36-68)42-23-31-66(38-46)32-24-42)60-59(47)63-53-13-5-7-15-55(53)64(60)56-16-8-6-14-54(56)63/h1-36,61-64H,37-40H2/q+4. The largest absolute Gasteiger partial charge is 0.201 e. The minimum atomic E-state index is 0.201. The van der Waals surface area contributed by atoms with E-state index in [9.17, 15) is 0 Å². The fraction of sp³-hybridized carbons (Fsp3) is 0.125. The van der Waals surface area contributed by atoms with Gasteiger partial charge in [-0.15, -0.1) is 0 Å². The van der Waals surface area contributed by atoms with E-state index in [4.69, 9.17) is 0 Å². The molecule has 4 nitrogen and oxygen atoms in total. The number of benzene rings is 6. The first kappa shape index (κ1) is 38.1. The molecule has 0 unspecified atom stereocenters. The lowest BCUT2D eigenvalue weighted by Crippen LogP contribution is -2.38. The average molecular weight is 873 g/mol. The fourth-order valence-electron chi connectivity index (χ4n) is 13.2. The number of rotatable bonds is 0. The highest BCUT2D eigenvalue weighted by atomic mass is 14.9. The van der Waals surface area contributed by atoms with Crippen LogP contribution in [-0.2, 0) is 26.2 Å². The van der Waals surface area contributed by atoms with Gasteiger partial charge < -0.3 is 0 Å². The number of hydrogen-bond donors (Lipinski definition) is 0. The van der Waals surface area contributed by atoms with Crippen LogP contribution in [0.2, 0.25) is 0 Å². The first-order valence-electron chi connectivity index (χ1n) is 24.3. The van der Waals surface area contributed by atoms with Crippen LogP contribution in [-0.4, -0.2) is 0 Å². The lowest BCUT2D eigenvalue weighted by atomic mass is 9.59. The third kappa shape index (κ3) is 5.67. The van der Waals surface area contributed by atoms with Crippen LogP contribution in [0.15, 0.2) is 219 Å². The van der Waals surface area contributed by atoms with Crippen molar-refractivity contribution < 1.29 is 18.3 Å². The van der Waals surface area contributed by atoms with Crippen LogP contribution in [0.5, 0.6) is 0 Å². The summed E-state index contributed by atoms with van der Waals surface area (Å²) in [5, 5.41) is 0. The molecular weight excluding hydrogens is 825 g/mol. The highest BCUT2D eigenvalue weighted by Gasteiger charge is 2.46. The van der Waals surface area contributed by atoms with Gasteiger partial charge in [0.25, 0.3) is 0 Å². The Balaban J connectivity index is 0.866. The summed E-state index contributed by atoms with van der Waals surface area (Å²) in [6.45, 7) is 3.24. The lowest BCUT2D eigenvalue weighted by molar-refractivity contribution is -0.689. The van der Waals surface area contributed by atoms with Gasteiger partial charge in [-0.3, -0.25) is 0 Å². The SMILES string of the molecule is c1ccc2c(c1)C1c3ccccc3C2c2c3ccc(c21)C[n+]1ccc(cc1)-c1cc[n+](cc1)Cc1ccc(c2c1C1c4ccccc4C2c2ccccc21)C[n+]1ccc(cc1)-c1cc[n+](cc1)C3. The summed E-state index contributed by atoms with van der Waals surface area (Å²) < 4.78 is 9.47. The van der Waals surface area contributed by atoms with Gasteiger partial charge in [0, 0.05) is 94.5 Å². The second-order valence-electron chi connectivity index (χ2n) is 19.7. The third-order valence-electron chi connectivity index (χ3n) is 16.2. The van der Waals surface area contributed by atoms with Gasteiger partial charge in [0.2, 0.25) is 0 Å². The predicted molar refractivity (Wildman–Crippen MR) is 263 cm³/mol. The summed E-state index contributed by atoms with van der Waals surface area (Å²) in [6, 6.07) is 64.9. The normalized spacial score (nSPS) is 18.4. The van der Waals surface area contributed by atoms with Crippen molar-refractivity contribution in [3.05, 3.63) is 308 Å². The van der Waals surface area contributed by atoms with Crippen molar-refractivity contribution in [3.8, 4) is 22.3 Å². The smallest absolute Gasteiger partial charge is 0.174 e. The Bertz CT molecular complexity index is 3100. The second kappa shape index (κ2) is 14.7. The van der Waals surface area contributed by atoms with E-state index in [2.05, 4.69) is 238 Å². The van der Waals surface area contributed by atoms with Crippen molar-refractivity contribution in [3.63, 3.8) is 0 Å². The Hall–Kier alpha value is -8.08. The maximum Gasteiger partial charge on any atom is 0.174 e. The van der Waals surface area contributed by atoms with Crippen molar-refractivity contribution in [1.82, 2.24) is 0 Å². The summed E-state index contributed by atoms with van der Waals surface area (Å²) in [7, 11) is 0. The number of hydrogen-bond acceptors (Lipinski definition) is 0. The molecule has 0 radical (unpaired) electrons. The van der Waals surface area contributed by atoms with E-state index >= 15 is 0 Å². The Kier molecular flexibility index (Phi) is 8.24. The molecule has 0 spiro atoms. The lowest BCUT2D eigenvalue weighted by Gasteiger charge is -2.43. The highest BCUT2D eigenvalue weighted by Crippen LogP contribution is 2.59. The molecule has 320 valence electrons. The second-order valence-corrected chi connectivity index (χ2v) is 19.7. The molecule has 14 aliphatic heterocycles. The molecular formula is C64H48N4+4. The summed E-state index contributed by atoms with van der Waals surface area (Å²) in [5.74, 6) is 0.803. The Morgan fingerprint density at radius 1 is 0.221 bits per heavy atom. The van der Waals surface area contributed by atoms with Gasteiger partial charge in [0.1, 0.15) is 0 Å². The van der Waals surface area contributed by atoms with Gasteiger partial charge in [-0.2, -0.15) is 0 Å². The van der Waals surface area contributed by atoms with Gasteiger partial charge in [-0.05, 0) is 89.0 Å². The number of pyridine rings is 4. The molecule has 4 heteroatoms. The van der Waals surface area contributed by atoms with Crippen molar-refractivity contribution in [2.75, 3.05) is 0 Å². The fourth-order valence-corrected chi connectivity index (χ4v) is 13.2. The zero-order chi connectivity index (χ0) is 44.5. The van der Waals surface area contributed by atoms with Crippen molar-refractivity contribution in [1.29, 1.82) is 0 Å². The molecule has 4 aromatic heterocycles. The van der Waals surface area contributed by atoms with E-state index < -0.39 is 0 Å². The molecule has 6 aliphatic carbocycles. The minimum Gasteiger partial charge on any atom is -0.201 e. The van der Waals surface area contributed by atoms with E-state index in [1.54, 1.807) is 0 Å². The van der Waals surface area contributed by atoms with Crippen LogP contribution < -0.4 is 18.3 Å². The van der Waals surface area contributed by atoms with Gasteiger partial charge in [0.05, 0.1) is 0 Å². The zero-order valence-corrected chi connectivity index (χ0v) is 37.7. The van der Waals surface area contributed by atoms with Crippen LogP contribution in [0.4, 0.5) is 0 Å². The molecule has 10 aromatic rings. The average Bonchev–Trinajstić information content (AvgIpc) is 3.40. The van der Waals surface area contributed by atoms with Crippen molar-refractivity contribution >= 4 is 0 Å². The van der Waals surface area contributed by atoms with E-state index in [1.807, 2.05) is 0 Å². The maximum absolute atomic E-state index is 2.42. The summed E-state index contributed by atoms with van der Waals surface area (Å²) >= 11 is 0. The highest BCUT2D eigenvalue weighted by molar-refractivity contribution is 5.72. The summed E-state index contributed by atoms with van der Waals surface area (Å²) in [5.41, 5.74) is 28.1. The Labute approximate surface area is 397 Å². The number of aromatic nitrogens is 4. The molecule has 0 N–H and O–H groups in total. The van der Waals surface area contributed by atoms with Gasteiger partial charge in [-0.25, -0.2) is 18.3 Å². The van der Waals surface area contributed by atoms with Crippen LogP contribution >= 0.6 is 0 Å². The predicted octanol–water partition coefficient (Wildman–Crippen LogP) is 10.7. The van der Waals surface area contributed by atoms with Crippen LogP contribution in [0.25, 0.3) is 22.3 Å². The first-order chi connectivity index (χ1) is 33.7. The molecule has 68 heavy (non-hydrogen) atoms. The van der Waals surface area contributed by atoms with E-state index in [0.717, 1.165) is 26.2 Å². The summed E-state index contributed by atoms with van der Waals surface area (Å²) in [4.78, 5) is 0. The Morgan fingerprint density at radius 2 is 0.397 bits per heavy atom. The minimum absolute atomic E-state index is 0.201. The van der Waals surface area contributed by atoms with Crippen LogP contribution in [0, 0.1) is 0 Å². The van der Waals surface area contributed by atoms with E-state index in [0.29, 0.717) is 0 Å². The number of nitrogens with zero attached hydrogens (tertiary/aromatic N) is 4. The molecule has 20 aliphatic rings. The molecule has 0 saturated carbocycles. The quantitative estimate of drug-likeness (QED) is 0.135. The third-order valence-corrected chi connectivity index (χ3v) is 16.2. The monoisotopic (exact) mass is 872 g/mol. The molecule has 0 saturated heterocycles. The Morgan fingerprint density at radius 3 is 0.574 bits per heavy atom. The van der Waals surface area contributed by atoms with Crippen LogP contribution in [0.3, 0.4) is 0 Å². The molecule has 6 aromatic carbocycles. The van der Waals surface area contributed by atoms with Crippen molar-refractivity contribution in [2.45, 2.75) is 49.9 Å². The maximum atomic E-state index is 2.42. The summed E-state index contributed by atoms with van der Waals surface area (Å²) in [6.07, 6.45) is 18.2. The van der Waals surface area contributed by atoms with Crippen molar-refractivity contribution in [2.24, 2.45) is 0 Å². The molecule has 30 rings (SSSR count). The van der Waals surface area contributed by atoms with Gasteiger partial charge in [-0.1, -0.05) is 121 Å².